The zero-order valence-electron chi connectivity index (χ0n) is 17.2. The highest BCUT2D eigenvalue weighted by Crippen LogP contribution is 2.19. The molecule has 1 aliphatic heterocycles. The highest BCUT2D eigenvalue weighted by atomic mass is 16.1. The number of hydrogen-bond donors (Lipinski definition) is 1. The molecule has 0 spiro atoms. The van der Waals surface area contributed by atoms with E-state index in [1.54, 1.807) is 12.1 Å². The third-order valence-corrected chi connectivity index (χ3v) is 5.75. The Morgan fingerprint density at radius 2 is 1.81 bits per heavy atom. The van der Waals surface area contributed by atoms with Crippen molar-refractivity contribution in [3.63, 3.8) is 0 Å². The number of aromatic nitrogens is 4. The van der Waals surface area contributed by atoms with E-state index in [0.29, 0.717) is 12.1 Å². The first-order chi connectivity index (χ1) is 15.3. The number of hydrogen-bond acceptors (Lipinski definition) is 5. The van der Waals surface area contributed by atoms with E-state index < -0.39 is 0 Å². The molecule has 156 valence electrons. The number of carbonyl (C=O) groups excluding carboxylic acids is 1. The molecule has 0 saturated carbocycles. The number of rotatable bonds is 5. The molecular weight excluding hydrogens is 388 g/mol. The summed E-state index contributed by atoms with van der Waals surface area (Å²) in [5, 5.41) is 12.8. The predicted molar refractivity (Wildman–Crippen MR) is 118 cm³/mol. The molecule has 4 aromatic rings. The summed E-state index contributed by atoms with van der Waals surface area (Å²) < 4.78 is 2.15. The van der Waals surface area contributed by atoms with E-state index in [2.05, 4.69) is 54.2 Å². The maximum atomic E-state index is 12.4. The molecule has 0 radical (unpaired) electrons. The Kier molecular flexibility index (Phi) is 5.41. The van der Waals surface area contributed by atoms with Crippen LogP contribution in [0.15, 0.2) is 66.9 Å². The van der Waals surface area contributed by atoms with Crippen LogP contribution in [-0.2, 0) is 26.1 Å². The Morgan fingerprint density at radius 3 is 2.71 bits per heavy atom. The average molecular weight is 412 g/mol. The molecule has 0 bridgehead atoms. The lowest BCUT2D eigenvalue weighted by atomic mass is 10.1. The Bertz CT molecular complexity index is 1200. The van der Waals surface area contributed by atoms with Crippen molar-refractivity contribution in [3.8, 4) is 0 Å². The maximum Gasteiger partial charge on any atom is 0.251 e. The Morgan fingerprint density at radius 1 is 0.935 bits per heavy atom. The van der Waals surface area contributed by atoms with Gasteiger partial charge < -0.3 is 9.88 Å². The van der Waals surface area contributed by atoms with Crippen LogP contribution in [-0.4, -0.2) is 43.6 Å². The van der Waals surface area contributed by atoms with Gasteiger partial charge in [-0.1, -0.05) is 42.5 Å². The van der Waals surface area contributed by atoms with Crippen molar-refractivity contribution in [2.45, 2.75) is 26.1 Å². The summed E-state index contributed by atoms with van der Waals surface area (Å²) in [6.45, 7) is 3.84. The Labute approximate surface area is 180 Å². The number of carbonyl (C=O) groups is 1. The quantitative estimate of drug-likeness (QED) is 0.546. The van der Waals surface area contributed by atoms with Gasteiger partial charge in [-0.15, -0.1) is 10.2 Å². The van der Waals surface area contributed by atoms with E-state index in [4.69, 9.17) is 0 Å². The smallest absolute Gasteiger partial charge is 0.251 e. The fourth-order valence-electron chi connectivity index (χ4n) is 4.10. The first-order valence-corrected chi connectivity index (χ1v) is 10.6. The van der Waals surface area contributed by atoms with Crippen LogP contribution < -0.4 is 5.32 Å². The predicted octanol–water partition coefficient (Wildman–Crippen LogP) is 2.81. The first-order valence-electron chi connectivity index (χ1n) is 10.6. The number of amides is 1. The second-order valence-electron chi connectivity index (χ2n) is 7.75. The molecule has 5 rings (SSSR count). The highest BCUT2D eigenvalue weighted by Gasteiger charge is 2.20. The molecular formula is C24H24N6O. The minimum atomic E-state index is -0.100. The van der Waals surface area contributed by atoms with Crippen molar-refractivity contribution >= 4 is 16.8 Å². The number of nitrogens with zero attached hydrogens (tertiary/aromatic N) is 5. The van der Waals surface area contributed by atoms with Gasteiger partial charge in [-0.2, -0.15) is 0 Å². The monoisotopic (exact) mass is 412 g/mol. The second kappa shape index (κ2) is 8.65. The van der Waals surface area contributed by atoms with E-state index in [-0.39, 0.29) is 5.91 Å². The molecule has 2 aromatic heterocycles. The molecule has 3 heterocycles. The molecule has 1 aliphatic rings. The molecule has 1 N–H and O–H groups in total. The third kappa shape index (κ3) is 4.18. The summed E-state index contributed by atoms with van der Waals surface area (Å²) in [6, 6.07) is 19.7. The van der Waals surface area contributed by atoms with Crippen molar-refractivity contribution in [2.24, 2.45) is 0 Å². The maximum absolute atomic E-state index is 12.4. The van der Waals surface area contributed by atoms with Gasteiger partial charge in [0.05, 0.1) is 12.1 Å². The first kappa shape index (κ1) is 19.4. The van der Waals surface area contributed by atoms with Crippen LogP contribution in [0.1, 0.15) is 27.6 Å². The molecule has 0 fully saturated rings. The van der Waals surface area contributed by atoms with Gasteiger partial charge in [0.15, 0.2) is 5.82 Å². The Balaban J connectivity index is 1.25. The van der Waals surface area contributed by atoms with Gasteiger partial charge in [-0.25, -0.2) is 0 Å². The van der Waals surface area contributed by atoms with Crippen LogP contribution in [0.5, 0.6) is 0 Å². The summed E-state index contributed by atoms with van der Waals surface area (Å²) >= 11 is 0. The number of pyridine rings is 1. The summed E-state index contributed by atoms with van der Waals surface area (Å²) in [7, 11) is 0. The number of nitrogens with one attached hydrogen (secondary N) is 1. The van der Waals surface area contributed by atoms with E-state index in [9.17, 15) is 4.79 Å². The van der Waals surface area contributed by atoms with Crippen LogP contribution in [0.3, 0.4) is 0 Å². The van der Waals surface area contributed by atoms with Crippen molar-refractivity contribution in [1.29, 1.82) is 0 Å². The fraction of sp³-hybridized carbons (Fsp3) is 0.250. The van der Waals surface area contributed by atoms with Gasteiger partial charge in [0, 0.05) is 49.7 Å². The van der Waals surface area contributed by atoms with Gasteiger partial charge in [0.25, 0.3) is 5.91 Å². The minimum Gasteiger partial charge on any atom is -0.345 e. The van der Waals surface area contributed by atoms with E-state index in [1.165, 1.54) is 10.9 Å². The van der Waals surface area contributed by atoms with Gasteiger partial charge in [0.2, 0.25) is 0 Å². The van der Waals surface area contributed by atoms with Crippen LogP contribution in [0.2, 0.25) is 0 Å². The van der Waals surface area contributed by atoms with Gasteiger partial charge in [0.1, 0.15) is 5.82 Å². The molecule has 1 amide bonds. The van der Waals surface area contributed by atoms with Crippen molar-refractivity contribution < 1.29 is 4.79 Å². The van der Waals surface area contributed by atoms with Gasteiger partial charge in [-0.3, -0.25) is 14.7 Å². The van der Waals surface area contributed by atoms with Crippen molar-refractivity contribution in [2.75, 3.05) is 13.1 Å². The zero-order valence-corrected chi connectivity index (χ0v) is 17.2. The second-order valence-corrected chi connectivity index (χ2v) is 7.75. The van der Waals surface area contributed by atoms with Crippen molar-refractivity contribution in [1.82, 2.24) is 30.0 Å². The minimum absolute atomic E-state index is 0.100. The van der Waals surface area contributed by atoms with Crippen LogP contribution in [0.25, 0.3) is 10.9 Å². The fourth-order valence-corrected chi connectivity index (χ4v) is 4.10. The molecule has 0 unspecified atom stereocenters. The number of fused-ring (bicyclic) bond motifs is 2. The van der Waals surface area contributed by atoms with Gasteiger partial charge >= 0.3 is 0 Å². The largest absolute Gasteiger partial charge is 0.345 e. The number of benzene rings is 2. The lowest BCUT2D eigenvalue weighted by Crippen LogP contribution is -2.28. The van der Waals surface area contributed by atoms with Crippen molar-refractivity contribution in [3.05, 3.63) is 89.6 Å². The topological polar surface area (TPSA) is 75.9 Å². The van der Waals surface area contributed by atoms with Crippen LogP contribution >= 0.6 is 0 Å². The molecule has 0 aliphatic carbocycles. The molecule has 7 heteroatoms. The average Bonchev–Trinajstić information content (AvgIpc) is 3.10. The highest BCUT2D eigenvalue weighted by molar-refractivity contribution is 5.94. The molecule has 2 aromatic carbocycles. The SMILES string of the molecule is O=C(NCc1nnc2n1CCN(Cc1cccc3cccnc13)CC2)c1ccccc1. The van der Waals surface area contributed by atoms with Crippen LogP contribution in [0.4, 0.5) is 0 Å². The zero-order chi connectivity index (χ0) is 21.0. The molecule has 7 nitrogen and oxygen atoms in total. The van der Waals surface area contributed by atoms with E-state index in [1.807, 2.05) is 30.5 Å². The molecule has 31 heavy (non-hydrogen) atoms. The normalized spacial score (nSPS) is 14.2. The van der Waals surface area contributed by atoms with Crippen LogP contribution in [0, 0.1) is 0 Å². The summed E-state index contributed by atoms with van der Waals surface area (Å²) in [4.78, 5) is 19.4. The van der Waals surface area contributed by atoms with E-state index in [0.717, 1.165) is 49.8 Å². The Hall–Kier alpha value is -3.58. The lowest BCUT2D eigenvalue weighted by Gasteiger charge is -2.20. The molecule has 0 saturated heterocycles. The standard InChI is InChI=1S/C24H24N6O/c31-24(19-6-2-1-3-7-19)26-16-22-28-27-21-11-13-29(14-15-30(21)22)17-20-9-4-8-18-10-5-12-25-23(18)20/h1-10,12H,11,13-17H2,(H,26,31). The number of para-hydroxylation sites is 1. The lowest BCUT2D eigenvalue weighted by molar-refractivity contribution is 0.0949. The summed E-state index contributed by atoms with van der Waals surface area (Å²) in [5.41, 5.74) is 2.96. The third-order valence-electron chi connectivity index (χ3n) is 5.75. The summed E-state index contributed by atoms with van der Waals surface area (Å²) in [6.07, 6.45) is 2.68. The summed E-state index contributed by atoms with van der Waals surface area (Å²) in [5.74, 6) is 1.67. The van der Waals surface area contributed by atoms with E-state index >= 15 is 0 Å². The molecule has 0 atom stereocenters. The van der Waals surface area contributed by atoms with Gasteiger partial charge in [-0.05, 0) is 23.8 Å².